The number of guanidine groups is 1. The summed E-state index contributed by atoms with van der Waals surface area (Å²) in [5, 5.41) is 3.33. The lowest BCUT2D eigenvalue weighted by Crippen LogP contribution is -2.53. The van der Waals surface area contributed by atoms with Crippen molar-refractivity contribution in [3.05, 3.63) is 29.5 Å². The van der Waals surface area contributed by atoms with Crippen LogP contribution < -0.4 is 10.2 Å². The van der Waals surface area contributed by atoms with Gasteiger partial charge in [0, 0.05) is 49.6 Å². The molecule has 21 heavy (non-hydrogen) atoms. The van der Waals surface area contributed by atoms with Crippen LogP contribution in [0.1, 0.15) is 6.92 Å². The summed E-state index contributed by atoms with van der Waals surface area (Å²) in [5.74, 6) is 1.74. The van der Waals surface area contributed by atoms with Crippen molar-refractivity contribution < 1.29 is 0 Å². The highest BCUT2D eigenvalue weighted by atomic mass is 79.9. The molecule has 0 aliphatic carbocycles. The fourth-order valence-electron chi connectivity index (χ4n) is 2.16. The van der Waals surface area contributed by atoms with Crippen molar-refractivity contribution in [3.8, 4) is 0 Å². The Balaban J connectivity index is 1.95. The van der Waals surface area contributed by atoms with Gasteiger partial charge in [0.2, 0.25) is 5.95 Å². The zero-order chi connectivity index (χ0) is 15.1. The van der Waals surface area contributed by atoms with Crippen LogP contribution in [0.2, 0.25) is 0 Å². The minimum Gasteiger partial charge on any atom is -0.357 e. The Morgan fingerprint density at radius 1 is 1.33 bits per heavy atom. The summed E-state index contributed by atoms with van der Waals surface area (Å²) in [6.07, 6.45) is 3.56. The number of rotatable bonds is 4. The average molecular weight is 353 g/mol. The highest BCUT2D eigenvalue weighted by Crippen LogP contribution is 2.10. The molecular formula is C14H21BrN6. The summed E-state index contributed by atoms with van der Waals surface area (Å²) in [4.78, 5) is 17.6. The molecular weight excluding hydrogens is 332 g/mol. The van der Waals surface area contributed by atoms with Crippen LogP contribution >= 0.6 is 15.9 Å². The second-order valence-corrected chi connectivity index (χ2v) is 5.83. The van der Waals surface area contributed by atoms with Crippen molar-refractivity contribution in [2.75, 3.05) is 44.2 Å². The van der Waals surface area contributed by atoms with Gasteiger partial charge >= 0.3 is 0 Å². The molecule has 6 nitrogen and oxygen atoms in total. The van der Waals surface area contributed by atoms with Crippen LogP contribution in [-0.2, 0) is 0 Å². The molecule has 0 unspecified atom stereocenters. The molecule has 1 saturated heterocycles. The zero-order valence-corrected chi connectivity index (χ0v) is 13.9. The van der Waals surface area contributed by atoms with E-state index >= 15 is 0 Å². The average Bonchev–Trinajstić information content (AvgIpc) is 2.52. The van der Waals surface area contributed by atoms with Gasteiger partial charge in [-0.3, -0.25) is 0 Å². The van der Waals surface area contributed by atoms with Crippen LogP contribution in [0.4, 0.5) is 5.95 Å². The number of aliphatic imine (C=N–C) groups is 1. The van der Waals surface area contributed by atoms with Gasteiger partial charge in [-0.2, -0.15) is 0 Å². The molecule has 1 N–H and O–H groups in total. The molecule has 7 heteroatoms. The van der Waals surface area contributed by atoms with E-state index in [4.69, 9.17) is 0 Å². The second-order valence-electron chi connectivity index (χ2n) is 4.71. The molecule has 0 aromatic carbocycles. The van der Waals surface area contributed by atoms with Gasteiger partial charge in [-0.15, -0.1) is 0 Å². The fraction of sp³-hybridized carbons (Fsp3) is 0.500. The van der Waals surface area contributed by atoms with E-state index in [1.165, 1.54) is 0 Å². The van der Waals surface area contributed by atoms with Crippen molar-refractivity contribution in [3.63, 3.8) is 0 Å². The van der Waals surface area contributed by atoms with Gasteiger partial charge in [0.15, 0.2) is 5.96 Å². The van der Waals surface area contributed by atoms with Gasteiger partial charge in [-0.1, -0.05) is 22.5 Å². The van der Waals surface area contributed by atoms with Gasteiger partial charge in [0.1, 0.15) is 0 Å². The Morgan fingerprint density at radius 3 is 2.57 bits per heavy atom. The van der Waals surface area contributed by atoms with Crippen LogP contribution in [0.25, 0.3) is 0 Å². The molecule has 1 aliphatic rings. The minimum absolute atomic E-state index is 0.588. The van der Waals surface area contributed by atoms with Crippen LogP contribution in [0.15, 0.2) is 34.5 Å². The third-order valence-corrected chi connectivity index (χ3v) is 3.40. The Kier molecular flexibility index (Phi) is 5.98. The highest BCUT2D eigenvalue weighted by Gasteiger charge is 2.20. The number of anilines is 1. The molecule has 1 aromatic rings. The lowest BCUT2D eigenvalue weighted by molar-refractivity contribution is 0.370. The van der Waals surface area contributed by atoms with Crippen molar-refractivity contribution in [1.82, 2.24) is 20.2 Å². The molecule has 2 heterocycles. The normalized spacial score (nSPS) is 16.0. The SMILES string of the molecule is C=C(Br)CN=C(NCC)N1CCN(c2ncccn2)CC1. The third-order valence-electron chi connectivity index (χ3n) is 3.15. The van der Waals surface area contributed by atoms with Crippen LogP contribution in [0, 0.1) is 0 Å². The Morgan fingerprint density at radius 2 is 2.00 bits per heavy atom. The lowest BCUT2D eigenvalue weighted by atomic mass is 10.3. The van der Waals surface area contributed by atoms with E-state index in [-0.39, 0.29) is 0 Å². The quantitative estimate of drug-likeness (QED) is 0.656. The zero-order valence-electron chi connectivity index (χ0n) is 12.3. The second kappa shape index (κ2) is 7.97. The standard InChI is InChI=1S/C14H21BrN6/c1-3-16-13(19-11-12(2)15)20-7-9-21(10-8-20)14-17-5-4-6-18-14/h4-6H,2-3,7-11H2,1H3,(H,16,19). The maximum atomic E-state index is 4.57. The van der Waals surface area contributed by atoms with E-state index in [0.717, 1.165) is 49.1 Å². The maximum Gasteiger partial charge on any atom is 0.225 e. The Bertz CT molecular complexity index is 481. The molecule has 1 fully saturated rings. The maximum absolute atomic E-state index is 4.57. The number of nitrogens with one attached hydrogen (secondary N) is 1. The molecule has 0 radical (unpaired) electrons. The van der Waals surface area contributed by atoms with Gasteiger partial charge in [0.05, 0.1) is 6.54 Å². The topological polar surface area (TPSA) is 56.7 Å². The fourth-order valence-corrected chi connectivity index (χ4v) is 2.28. The van der Waals surface area contributed by atoms with Gasteiger partial charge in [-0.05, 0) is 13.0 Å². The van der Waals surface area contributed by atoms with E-state index in [9.17, 15) is 0 Å². The first-order valence-corrected chi connectivity index (χ1v) is 7.88. The molecule has 1 aromatic heterocycles. The van der Waals surface area contributed by atoms with Crippen molar-refractivity contribution in [2.45, 2.75) is 6.92 Å². The first kappa shape index (κ1) is 15.8. The summed E-state index contributed by atoms with van der Waals surface area (Å²) < 4.78 is 0.884. The van der Waals surface area contributed by atoms with E-state index in [2.05, 4.69) is 59.5 Å². The summed E-state index contributed by atoms with van der Waals surface area (Å²) >= 11 is 3.35. The van der Waals surface area contributed by atoms with Crippen molar-refractivity contribution in [2.24, 2.45) is 4.99 Å². The van der Waals surface area contributed by atoms with E-state index < -0.39 is 0 Å². The predicted octanol–water partition coefficient (Wildman–Crippen LogP) is 1.47. The summed E-state index contributed by atoms with van der Waals surface area (Å²) in [7, 11) is 0. The van der Waals surface area contributed by atoms with Gasteiger partial charge in [0.25, 0.3) is 0 Å². The number of halogens is 1. The summed E-state index contributed by atoms with van der Waals surface area (Å²) in [5.41, 5.74) is 0. The van der Waals surface area contributed by atoms with Crippen LogP contribution in [-0.4, -0.2) is 60.1 Å². The molecule has 114 valence electrons. The molecule has 1 aliphatic heterocycles. The summed E-state index contributed by atoms with van der Waals surface area (Å²) in [6.45, 7) is 10.9. The van der Waals surface area contributed by atoms with Crippen LogP contribution in [0.5, 0.6) is 0 Å². The molecule has 0 amide bonds. The number of hydrogen-bond donors (Lipinski definition) is 1. The van der Waals surface area contributed by atoms with E-state index in [1.807, 2.05) is 6.07 Å². The lowest BCUT2D eigenvalue weighted by Gasteiger charge is -2.36. The number of piperazine rings is 1. The number of aromatic nitrogens is 2. The van der Waals surface area contributed by atoms with Gasteiger partial charge < -0.3 is 15.1 Å². The minimum atomic E-state index is 0.588. The molecule has 0 atom stereocenters. The number of nitrogens with zero attached hydrogens (tertiary/aromatic N) is 5. The predicted molar refractivity (Wildman–Crippen MR) is 89.9 cm³/mol. The molecule has 2 rings (SSSR count). The summed E-state index contributed by atoms with van der Waals surface area (Å²) in [6, 6.07) is 1.84. The molecule has 0 bridgehead atoms. The highest BCUT2D eigenvalue weighted by molar-refractivity contribution is 9.11. The van der Waals surface area contributed by atoms with Crippen molar-refractivity contribution >= 4 is 27.8 Å². The molecule has 0 spiro atoms. The first-order valence-electron chi connectivity index (χ1n) is 7.09. The number of hydrogen-bond acceptors (Lipinski definition) is 4. The largest absolute Gasteiger partial charge is 0.357 e. The Labute approximate surface area is 134 Å². The van der Waals surface area contributed by atoms with Crippen LogP contribution in [0.3, 0.4) is 0 Å². The van der Waals surface area contributed by atoms with Crippen molar-refractivity contribution in [1.29, 1.82) is 0 Å². The Hall–Kier alpha value is -1.63. The van der Waals surface area contributed by atoms with Gasteiger partial charge in [-0.25, -0.2) is 15.0 Å². The smallest absolute Gasteiger partial charge is 0.225 e. The van der Waals surface area contributed by atoms with E-state index in [1.54, 1.807) is 12.4 Å². The molecule has 0 saturated carbocycles. The van der Waals surface area contributed by atoms with E-state index in [0.29, 0.717) is 6.54 Å². The first-order chi connectivity index (χ1) is 10.2. The third kappa shape index (κ3) is 4.70. The monoisotopic (exact) mass is 352 g/mol.